The molecule has 1 atom stereocenters. The lowest BCUT2D eigenvalue weighted by molar-refractivity contribution is -0.123. The van der Waals surface area contributed by atoms with Gasteiger partial charge in [0, 0.05) is 23.7 Å². The lowest BCUT2D eigenvalue weighted by Gasteiger charge is -2.16. The van der Waals surface area contributed by atoms with Gasteiger partial charge in [0.15, 0.2) is 0 Å². The highest BCUT2D eigenvalue weighted by molar-refractivity contribution is 6.30. The van der Waals surface area contributed by atoms with E-state index in [4.69, 9.17) is 11.6 Å². The van der Waals surface area contributed by atoms with Crippen molar-refractivity contribution in [3.05, 3.63) is 41.9 Å². The van der Waals surface area contributed by atoms with Crippen LogP contribution in [0.3, 0.4) is 0 Å². The number of nitrogens with one attached hydrogen (secondary N) is 1. The predicted molar refractivity (Wildman–Crippen MR) is 76.3 cm³/mol. The molecule has 108 valence electrons. The van der Waals surface area contributed by atoms with E-state index in [-0.39, 0.29) is 18.2 Å². The molecular weight excluding hydrogens is 294 g/mol. The highest BCUT2D eigenvalue weighted by atomic mass is 35.5. The number of amides is 2. The molecule has 1 aliphatic heterocycles. The van der Waals surface area contributed by atoms with E-state index in [1.165, 1.54) is 17.3 Å². The molecule has 1 unspecified atom stereocenters. The Hall–Kier alpha value is -2.41. The van der Waals surface area contributed by atoms with Gasteiger partial charge >= 0.3 is 0 Å². The van der Waals surface area contributed by atoms with Crippen molar-refractivity contribution in [2.45, 2.75) is 6.42 Å². The molecule has 8 heteroatoms. The summed E-state index contributed by atoms with van der Waals surface area (Å²) in [7, 11) is 0. The molecule has 2 aromatic rings. The molecule has 2 heterocycles. The van der Waals surface area contributed by atoms with Crippen molar-refractivity contribution in [1.82, 2.24) is 14.9 Å². The second-order valence-corrected chi connectivity index (χ2v) is 5.16. The number of rotatable bonds is 3. The van der Waals surface area contributed by atoms with Crippen molar-refractivity contribution in [2.75, 3.05) is 16.9 Å². The van der Waals surface area contributed by atoms with Crippen LogP contribution < -0.4 is 10.3 Å². The number of hydrogen-bond acceptors (Lipinski definition) is 4. The molecule has 0 radical (unpaired) electrons. The van der Waals surface area contributed by atoms with Crippen molar-refractivity contribution in [3.8, 4) is 0 Å². The minimum atomic E-state index is -0.407. The molecule has 1 aromatic carbocycles. The van der Waals surface area contributed by atoms with Crippen LogP contribution in [0.2, 0.25) is 5.02 Å². The molecule has 0 spiro atoms. The lowest BCUT2D eigenvalue weighted by atomic mass is 10.1. The van der Waals surface area contributed by atoms with E-state index >= 15 is 0 Å². The van der Waals surface area contributed by atoms with Gasteiger partial charge in [0.2, 0.25) is 11.8 Å². The maximum atomic E-state index is 12.1. The van der Waals surface area contributed by atoms with E-state index in [1.807, 2.05) is 0 Å². The zero-order chi connectivity index (χ0) is 14.8. The van der Waals surface area contributed by atoms with E-state index in [0.717, 1.165) is 5.69 Å². The second-order valence-electron chi connectivity index (χ2n) is 4.73. The predicted octanol–water partition coefficient (Wildman–Crippen LogP) is 1.05. The van der Waals surface area contributed by atoms with E-state index in [2.05, 4.69) is 15.6 Å². The summed E-state index contributed by atoms with van der Waals surface area (Å²) in [4.78, 5) is 25.8. The van der Waals surface area contributed by atoms with Gasteiger partial charge in [-0.15, -0.1) is 10.2 Å². The van der Waals surface area contributed by atoms with Crippen LogP contribution in [0.5, 0.6) is 0 Å². The Morgan fingerprint density at radius 3 is 2.57 bits per heavy atom. The topological polar surface area (TPSA) is 80.1 Å². The Kier molecular flexibility index (Phi) is 3.57. The van der Waals surface area contributed by atoms with Gasteiger partial charge in [-0.1, -0.05) is 11.6 Å². The third kappa shape index (κ3) is 2.87. The van der Waals surface area contributed by atoms with Crippen molar-refractivity contribution >= 4 is 29.1 Å². The Morgan fingerprint density at radius 1 is 1.24 bits per heavy atom. The van der Waals surface area contributed by atoms with Crippen LogP contribution in [0.15, 0.2) is 36.9 Å². The summed E-state index contributed by atoms with van der Waals surface area (Å²) in [5, 5.41) is 7.80. The van der Waals surface area contributed by atoms with Gasteiger partial charge in [-0.05, 0) is 24.3 Å². The number of anilines is 1. The Bertz CT molecular complexity index is 656. The highest BCUT2D eigenvalue weighted by Gasteiger charge is 2.35. The van der Waals surface area contributed by atoms with E-state index in [0.29, 0.717) is 11.6 Å². The van der Waals surface area contributed by atoms with Crippen molar-refractivity contribution < 1.29 is 9.59 Å². The van der Waals surface area contributed by atoms with E-state index in [1.54, 1.807) is 29.2 Å². The van der Waals surface area contributed by atoms with Gasteiger partial charge in [-0.25, -0.2) is 4.68 Å². The first-order valence-electron chi connectivity index (χ1n) is 6.35. The SMILES string of the molecule is O=C(Nn1cnnc1)C1CC(=O)N(c2ccc(Cl)cc2)C1. The average molecular weight is 306 g/mol. The molecule has 1 N–H and O–H groups in total. The quantitative estimate of drug-likeness (QED) is 0.919. The second kappa shape index (κ2) is 5.53. The summed E-state index contributed by atoms with van der Waals surface area (Å²) in [5.41, 5.74) is 3.36. The van der Waals surface area contributed by atoms with Crippen molar-refractivity contribution in [3.63, 3.8) is 0 Å². The number of nitrogens with zero attached hydrogens (tertiary/aromatic N) is 4. The molecule has 3 rings (SSSR count). The maximum absolute atomic E-state index is 12.1. The summed E-state index contributed by atoms with van der Waals surface area (Å²) in [6.45, 7) is 0.342. The minimum absolute atomic E-state index is 0.0822. The first-order chi connectivity index (χ1) is 10.1. The zero-order valence-electron chi connectivity index (χ0n) is 10.9. The van der Waals surface area contributed by atoms with Crippen LogP contribution in [-0.2, 0) is 9.59 Å². The monoisotopic (exact) mass is 305 g/mol. The van der Waals surface area contributed by atoms with Gasteiger partial charge in [0.1, 0.15) is 12.7 Å². The fourth-order valence-electron chi connectivity index (χ4n) is 2.23. The van der Waals surface area contributed by atoms with Crippen LogP contribution in [0, 0.1) is 5.92 Å². The van der Waals surface area contributed by atoms with Crippen molar-refractivity contribution in [1.29, 1.82) is 0 Å². The van der Waals surface area contributed by atoms with Crippen LogP contribution in [0.1, 0.15) is 6.42 Å². The van der Waals surface area contributed by atoms with Gasteiger partial charge in [-0.2, -0.15) is 0 Å². The standard InChI is InChI=1S/C13H12ClN5O2/c14-10-1-3-11(4-2-10)19-6-9(5-12(19)20)13(21)17-18-7-15-16-8-18/h1-4,7-9H,5-6H2,(H,17,21). The Balaban J connectivity index is 1.69. The van der Waals surface area contributed by atoms with Crippen LogP contribution in [-0.4, -0.2) is 33.2 Å². The smallest absolute Gasteiger partial charge is 0.244 e. The number of carbonyl (C=O) groups excluding carboxylic acids is 2. The van der Waals surface area contributed by atoms with Gasteiger partial charge in [0.05, 0.1) is 5.92 Å². The fourth-order valence-corrected chi connectivity index (χ4v) is 2.36. The molecule has 1 aromatic heterocycles. The first-order valence-corrected chi connectivity index (χ1v) is 6.73. The molecule has 0 aliphatic carbocycles. The molecule has 1 aliphatic rings. The first kappa shape index (κ1) is 13.6. The third-order valence-corrected chi connectivity index (χ3v) is 3.54. The van der Waals surface area contributed by atoms with Crippen LogP contribution in [0.4, 0.5) is 5.69 Å². The highest BCUT2D eigenvalue weighted by Crippen LogP contribution is 2.26. The zero-order valence-corrected chi connectivity index (χ0v) is 11.7. The van der Waals surface area contributed by atoms with Crippen molar-refractivity contribution in [2.24, 2.45) is 5.92 Å². The molecule has 1 fully saturated rings. The number of aromatic nitrogens is 3. The lowest BCUT2D eigenvalue weighted by Crippen LogP contribution is -2.31. The maximum Gasteiger partial charge on any atom is 0.244 e. The summed E-state index contributed by atoms with van der Waals surface area (Å²) in [6, 6.07) is 6.96. The molecule has 0 bridgehead atoms. The molecular formula is C13H12ClN5O2. The summed E-state index contributed by atoms with van der Waals surface area (Å²) < 4.78 is 1.36. The van der Waals surface area contributed by atoms with Gasteiger partial charge < -0.3 is 4.90 Å². The largest absolute Gasteiger partial charge is 0.312 e. The van der Waals surface area contributed by atoms with Crippen LogP contribution in [0.25, 0.3) is 0 Å². The fraction of sp³-hybridized carbons (Fsp3) is 0.231. The molecule has 21 heavy (non-hydrogen) atoms. The molecule has 0 saturated carbocycles. The van der Waals surface area contributed by atoms with E-state index < -0.39 is 5.92 Å². The molecule has 2 amide bonds. The number of benzene rings is 1. The minimum Gasteiger partial charge on any atom is -0.312 e. The normalized spacial score (nSPS) is 18.0. The summed E-state index contributed by atoms with van der Waals surface area (Å²) in [6.07, 6.45) is 2.94. The molecule has 7 nitrogen and oxygen atoms in total. The number of hydrogen-bond donors (Lipinski definition) is 1. The Morgan fingerprint density at radius 2 is 1.90 bits per heavy atom. The van der Waals surface area contributed by atoms with Crippen LogP contribution >= 0.6 is 11.6 Å². The number of halogens is 1. The summed E-state index contributed by atoms with van der Waals surface area (Å²) in [5.74, 6) is -0.726. The molecule has 1 saturated heterocycles. The average Bonchev–Trinajstić information content (AvgIpc) is 3.09. The van der Waals surface area contributed by atoms with Gasteiger partial charge in [0.25, 0.3) is 0 Å². The Labute approximate surface area is 125 Å². The third-order valence-electron chi connectivity index (χ3n) is 3.29. The number of carbonyl (C=O) groups is 2. The van der Waals surface area contributed by atoms with E-state index in [9.17, 15) is 9.59 Å². The summed E-state index contributed by atoms with van der Waals surface area (Å²) >= 11 is 5.83. The van der Waals surface area contributed by atoms with Gasteiger partial charge in [-0.3, -0.25) is 15.0 Å².